The first-order valence-corrected chi connectivity index (χ1v) is 12.7. The number of hydrogen-bond donors (Lipinski definition) is 0. The number of aromatic nitrogens is 2. The first kappa shape index (κ1) is 23.2. The molecule has 174 valence electrons. The molecule has 0 aliphatic carbocycles. The second-order valence-electron chi connectivity index (χ2n) is 8.31. The van der Waals surface area contributed by atoms with E-state index >= 15 is 0 Å². The molecule has 0 bridgehead atoms. The summed E-state index contributed by atoms with van der Waals surface area (Å²) in [6.45, 7) is 5.99. The summed E-state index contributed by atoms with van der Waals surface area (Å²) in [5.74, 6) is 2.47. The van der Waals surface area contributed by atoms with E-state index in [0.29, 0.717) is 32.6 Å². The molecule has 1 aliphatic rings. The summed E-state index contributed by atoms with van der Waals surface area (Å²) in [5.41, 5.74) is 3.99. The first-order chi connectivity index (χ1) is 15.9. The van der Waals surface area contributed by atoms with Gasteiger partial charge in [-0.15, -0.1) is 0 Å². The molecule has 0 radical (unpaired) electrons. The van der Waals surface area contributed by atoms with E-state index in [2.05, 4.69) is 22.0 Å². The third kappa shape index (κ3) is 5.51. The van der Waals surface area contributed by atoms with Gasteiger partial charge in [-0.3, -0.25) is 0 Å². The quantitative estimate of drug-likeness (QED) is 0.532. The van der Waals surface area contributed by atoms with E-state index in [0.717, 1.165) is 39.8 Å². The maximum atomic E-state index is 12.9. The summed E-state index contributed by atoms with van der Waals surface area (Å²) in [5, 5.41) is 0. The third-order valence-corrected chi connectivity index (χ3v) is 7.82. The van der Waals surface area contributed by atoms with Crippen LogP contribution in [0.15, 0.2) is 54.6 Å². The lowest BCUT2D eigenvalue weighted by Gasteiger charge is -2.36. The van der Waals surface area contributed by atoms with Crippen molar-refractivity contribution in [3.05, 3.63) is 82.8 Å². The molecular weight excluding hydrogens is 436 g/mol. The van der Waals surface area contributed by atoms with Gasteiger partial charge >= 0.3 is 0 Å². The van der Waals surface area contributed by atoms with Crippen molar-refractivity contribution in [2.75, 3.05) is 38.2 Å². The van der Waals surface area contributed by atoms with Crippen LogP contribution in [0.5, 0.6) is 5.75 Å². The lowest BCUT2D eigenvalue weighted by Crippen LogP contribution is -2.49. The number of rotatable bonds is 7. The molecule has 1 fully saturated rings. The van der Waals surface area contributed by atoms with Crippen LogP contribution >= 0.6 is 0 Å². The zero-order valence-corrected chi connectivity index (χ0v) is 20.2. The molecular formula is C25H30N4O3S. The molecule has 2 heterocycles. The summed E-state index contributed by atoms with van der Waals surface area (Å²) in [6.07, 6.45) is 0.706. The number of anilines is 1. The van der Waals surface area contributed by atoms with Crippen LogP contribution in [0.1, 0.15) is 28.2 Å². The fourth-order valence-corrected chi connectivity index (χ4v) is 5.70. The Bertz CT molecular complexity index is 1190. The van der Waals surface area contributed by atoms with Crippen LogP contribution in [-0.4, -0.2) is 56.0 Å². The highest BCUT2D eigenvalue weighted by Crippen LogP contribution is 2.26. The van der Waals surface area contributed by atoms with Crippen molar-refractivity contribution in [1.29, 1.82) is 0 Å². The molecule has 0 unspecified atom stereocenters. The van der Waals surface area contributed by atoms with E-state index in [1.165, 1.54) is 0 Å². The van der Waals surface area contributed by atoms with E-state index < -0.39 is 10.0 Å². The lowest BCUT2D eigenvalue weighted by atomic mass is 10.0. The molecule has 33 heavy (non-hydrogen) atoms. The van der Waals surface area contributed by atoms with Gasteiger partial charge in [0.05, 0.1) is 12.9 Å². The molecule has 0 saturated carbocycles. The lowest BCUT2D eigenvalue weighted by molar-refractivity contribution is 0.383. The normalized spacial score (nSPS) is 14.9. The molecule has 8 heteroatoms. The molecule has 0 spiro atoms. The van der Waals surface area contributed by atoms with Crippen molar-refractivity contribution in [1.82, 2.24) is 14.3 Å². The molecule has 1 aromatic heterocycles. The number of aryl methyl sites for hydroxylation is 2. The van der Waals surface area contributed by atoms with Crippen LogP contribution in [-0.2, 0) is 22.2 Å². The molecule has 2 aromatic carbocycles. The Hall–Kier alpha value is -2.97. The van der Waals surface area contributed by atoms with Crippen LogP contribution in [0.25, 0.3) is 0 Å². The highest BCUT2D eigenvalue weighted by atomic mass is 32.2. The average Bonchev–Trinajstić information content (AvgIpc) is 2.81. The van der Waals surface area contributed by atoms with E-state index in [-0.39, 0.29) is 5.75 Å². The Labute approximate surface area is 196 Å². The van der Waals surface area contributed by atoms with Crippen LogP contribution in [0.2, 0.25) is 0 Å². The van der Waals surface area contributed by atoms with Gasteiger partial charge in [0, 0.05) is 43.9 Å². The molecule has 4 rings (SSSR count). The number of ether oxygens (including phenoxy) is 1. The SMILES string of the molecule is COc1ccc(Cc2c(C)nc(C)nc2N2CCN(S(=O)(=O)Cc3ccccc3)CC2)cc1. The minimum atomic E-state index is -3.36. The number of hydrogen-bond acceptors (Lipinski definition) is 6. The summed E-state index contributed by atoms with van der Waals surface area (Å²) in [7, 11) is -1.70. The minimum Gasteiger partial charge on any atom is -0.497 e. The Morgan fingerprint density at radius 2 is 1.55 bits per heavy atom. The third-order valence-electron chi connectivity index (χ3n) is 5.97. The van der Waals surface area contributed by atoms with Gasteiger partial charge in [0.1, 0.15) is 17.4 Å². The minimum absolute atomic E-state index is 0.0300. The fraction of sp³-hybridized carbons (Fsp3) is 0.360. The Balaban J connectivity index is 1.50. The van der Waals surface area contributed by atoms with Gasteiger partial charge in [-0.2, -0.15) is 4.31 Å². The second-order valence-corrected chi connectivity index (χ2v) is 10.3. The van der Waals surface area contributed by atoms with Gasteiger partial charge in [-0.25, -0.2) is 18.4 Å². The number of methoxy groups -OCH3 is 1. The summed E-state index contributed by atoms with van der Waals surface area (Å²) in [6, 6.07) is 17.3. The van der Waals surface area contributed by atoms with E-state index in [4.69, 9.17) is 9.72 Å². The standard InChI is InChI=1S/C25H30N4O3S/c1-19-24(17-21-9-11-23(32-3)12-10-21)25(27-20(2)26-19)28-13-15-29(16-14-28)33(30,31)18-22-7-5-4-6-8-22/h4-12H,13-18H2,1-3H3. The van der Waals surface area contributed by atoms with Crippen LogP contribution < -0.4 is 9.64 Å². The van der Waals surface area contributed by atoms with Crippen molar-refractivity contribution in [2.45, 2.75) is 26.0 Å². The van der Waals surface area contributed by atoms with Crippen molar-refractivity contribution in [3.63, 3.8) is 0 Å². The van der Waals surface area contributed by atoms with Crippen molar-refractivity contribution in [2.24, 2.45) is 0 Å². The van der Waals surface area contributed by atoms with Gasteiger partial charge < -0.3 is 9.64 Å². The molecule has 7 nitrogen and oxygen atoms in total. The van der Waals surface area contributed by atoms with Gasteiger partial charge in [-0.05, 0) is 37.1 Å². The Morgan fingerprint density at radius 3 is 2.18 bits per heavy atom. The van der Waals surface area contributed by atoms with Gasteiger partial charge in [0.2, 0.25) is 10.0 Å². The van der Waals surface area contributed by atoms with Crippen LogP contribution in [0.4, 0.5) is 5.82 Å². The van der Waals surface area contributed by atoms with Crippen molar-refractivity contribution < 1.29 is 13.2 Å². The maximum absolute atomic E-state index is 12.9. The predicted octanol–water partition coefficient (Wildman–Crippen LogP) is 3.34. The smallest absolute Gasteiger partial charge is 0.218 e. The first-order valence-electron chi connectivity index (χ1n) is 11.1. The monoisotopic (exact) mass is 466 g/mol. The molecule has 3 aromatic rings. The summed E-state index contributed by atoms with van der Waals surface area (Å²) < 4.78 is 32.7. The number of benzene rings is 2. The second kappa shape index (κ2) is 9.89. The molecule has 0 N–H and O–H groups in total. The highest BCUT2D eigenvalue weighted by Gasteiger charge is 2.29. The van der Waals surface area contributed by atoms with Gasteiger partial charge in [-0.1, -0.05) is 42.5 Å². The van der Waals surface area contributed by atoms with E-state index in [9.17, 15) is 8.42 Å². The molecule has 0 amide bonds. The zero-order valence-electron chi connectivity index (χ0n) is 19.4. The summed E-state index contributed by atoms with van der Waals surface area (Å²) >= 11 is 0. The number of sulfonamides is 1. The maximum Gasteiger partial charge on any atom is 0.218 e. The van der Waals surface area contributed by atoms with Crippen LogP contribution in [0, 0.1) is 13.8 Å². The Morgan fingerprint density at radius 1 is 0.879 bits per heavy atom. The van der Waals surface area contributed by atoms with E-state index in [1.807, 2.05) is 56.3 Å². The topological polar surface area (TPSA) is 75.6 Å². The van der Waals surface area contributed by atoms with Crippen molar-refractivity contribution in [3.8, 4) is 5.75 Å². The highest BCUT2D eigenvalue weighted by molar-refractivity contribution is 7.88. The Kier molecular flexibility index (Phi) is 6.95. The molecule has 1 aliphatic heterocycles. The zero-order chi connectivity index (χ0) is 23.4. The number of nitrogens with zero attached hydrogens (tertiary/aromatic N) is 4. The fourth-order valence-electron chi connectivity index (χ4n) is 4.19. The predicted molar refractivity (Wildman–Crippen MR) is 130 cm³/mol. The number of piperazine rings is 1. The average molecular weight is 467 g/mol. The van der Waals surface area contributed by atoms with Gasteiger partial charge in [0.15, 0.2) is 0 Å². The van der Waals surface area contributed by atoms with Crippen LogP contribution in [0.3, 0.4) is 0 Å². The summed E-state index contributed by atoms with van der Waals surface area (Å²) in [4.78, 5) is 11.5. The molecule has 1 saturated heterocycles. The van der Waals surface area contributed by atoms with E-state index in [1.54, 1.807) is 11.4 Å². The van der Waals surface area contributed by atoms with Gasteiger partial charge in [0.25, 0.3) is 0 Å². The molecule has 0 atom stereocenters. The van der Waals surface area contributed by atoms with Crippen molar-refractivity contribution >= 4 is 15.8 Å². The largest absolute Gasteiger partial charge is 0.497 e.